The van der Waals surface area contributed by atoms with Crippen LogP contribution in [0.4, 0.5) is 0 Å². The molecule has 6 heteroatoms. The van der Waals surface area contributed by atoms with E-state index in [2.05, 4.69) is 38.9 Å². The quantitative estimate of drug-likeness (QED) is 0.513. The van der Waals surface area contributed by atoms with E-state index in [9.17, 15) is 0 Å². The Balaban J connectivity index is 1.57. The number of methoxy groups -OCH3 is 2. The predicted octanol–water partition coefficient (Wildman–Crippen LogP) is 4.80. The molecule has 0 bridgehead atoms. The molecule has 142 valence electrons. The minimum atomic E-state index is 0.644. The molecule has 0 amide bonds. The summed E-state index contributed by atoms with van der Waals surface area (Å²) in [5.41, 5.74) is 3.09. The van der Waals surface area contributed by atoms with Gasteiger partial charge in [0.25, 0.3) is 0 Å². The van der Waals surface area contributed by atoms with Crippen molar-refractivity contribution in [3.05, 3.63) is 64.5 Å². The maximum Gasteiger partial charge on any atom is 0.226 e. The number of hydrogen-bond donors (Lipinski definition) is 0. The first-order valence-electron chi connectivity index (χ1n) is 8.69. The lowest BCUT2D eigenvalue weighted by Gasteiger charge is -2.15. The zero-order valence-electron chi connectivity index (χ0n) is 15.7. The van der Waals surface area contributed by atoms with E-state index in [1.807, 2.05) is 36.4 Å². The van der Waals surface area contributed by atoms with Crippen molar-refractivity contribution >= 4 is 15.9 Å². The largest absolute Gasteiger partial charge is 0.493 e. The Morgan fingerprint density at radius 1 is 1.04 bits per heavy atom. The first kappa shape index (κ1) is 19.5. The third-order valence-electron chi connectivity index (χ3n) is 4.30. The summed E-state index contributed by atoms with van der Waals surface area (Å²) < 4.78 is 17.3. The van der Waals surface area contributed by atoms with Crippen LogP contribution >= 0.6 is 15.9 Å². The number of benzene rings is 2. The molecule has 3 rings (SSSR count). The highest BCUT2D eigenvalue weighted by Crippen LogP contribution is 2.27. The molecule has 1 aromatic heterocycles. The topological polar surface area (TPSA) is 47.7 Å². The number of aromatic nitrogens is 1. The fourth-order valence-corrected chi connectivity index (χ4v) is 3.08. The molecule has 0 unspecified atom stereocenters. The van der Waals surface area contributed by atoms with Gasteiger partial charge >= 0.3 is 0 Å². The molecule has 0 saturated carbocycles. The molecule has 0 spiro atoms. The van der Waals surface area contributed by atoms with E-state index in [-0.39, 0.29) is 0 Å². The van der Waals surface area contributed by atoms with Gasteiger partial charge in [-0.15, -0.1) is 0 Å². The lowest BCUT2D eigenvalue weighted by molar-refractivity contribution is 0.325. The third kappa shape index (κ3) is 5.11. The van der Waals surface area contributed by atoms with Gasteiger partial charge in [-0.05, 0) is 55.4 Å². The molecule has 0 saturated heterocycles. The molecule has 0 radical (unpaired) electrons. The summed E-state index contributed by atoms with van der Waals surface area (Å²) >= 11 is 3.44. The number of halogens is 1. The van der Waals surface area contributed by atoms with Crippen LogP contribution in [-0.2, 0) is 13.0 Å². The minimum absolute atomic E-state index is 0.644. The van der Waals surface area contributed by atoms with Crippen LogP contribution in [0.1, 0.15) is 11.3 Å². The minimum Gasteiger partial charge on any atom is -0.493 e. The lowest BCUT2D eigenvalue weighted by Crippen LogP contribution is -2.20. The Kier molecular flexibility index (Phi) is 6.53. The van der Waals surface area contributed by atoms with Crippen LogP contribution < -0.4 is 9.47 Å². The molecule has 2 aromatic carbocycles. The van der Waals surface area contributed by atoms with Crippen molar-refractivity contribution < 1.29 is 13.9 Å². The van der Waals surface area contributed by atoms with Crippen LogP contribution in [0.15, 0.2) is 57.6 Å². The molecule has 3 aromatic rings. The normalized spacial score (nSPS) is 11.0. The summed E-state index contributed by atoms with van der Waals surface area (Å²) in [7, 11) is 5.38. The van der Waals surface area contributed by atoms with Gasteiger partial charge in [0.1, 0.15) is 6.26 Å². The summed E-state index contributed by atoms with van der Waals surface area (Å²) in [4.78, 5) is 6.82. The van der Waals surface area contributed by atoms with Gasteiger partial charge in [0.05, 0.1) is 19.9 Å². The smallest absolute Gasteiger partial charge is 0.226 e. The van der Waals surface area contributed by atoms with E-state index < -0.39 is 0 Å². The lowest BCUT2D eigenvalue weighted by atomic mass is 10.1. The Morgan fingerprint density at radius 2 is 1.78 bits per heavy atom. The van der Waals surface area contributed by atoms with Crippen LogP contribution in [0.25, 0.3) is 11.5 Å². The van der Waals surface area contributed by atoms with E-state index in [0.29, 0.717) is 5.89 Å². The van der Waals surface area contributed by atoms with Gasteiger partial charge in [-0.3, -0.25) is 0 Å². The van der Waals surface area contributed by atoms with Crippen molar-refractivity contribution in [2.75, 3.05) is 27.8 Å². The van der Waals surface area contributed by atoms with Gasteiger partial charge in [0, 0.05) is 23.1 Å². The van der Waals surface area contributed by atoms with Crippen molar-refractivity contribution in [3.63, 3.8) is 0 Å². The monoisotopic (exact) mass is 430 g/mol. The van der Waals surface area contributed by atoms with Gasteiger partial charge < -0.3 is 18.8 Å². The van der Waals surface area contributed by atoms with Crippen LogP contribution in [0.2, 0.25) is 0 Å². The third-order valence-corrected chi connectivity index (χ3v) is 4.83. The van der Waals surface area contributed by atoms with Crippen LogP contribution in [-0.4, -0.2) is 37.7 Å². The summed E-state index contributed by atoms with van der Waals surface area (Å²) in [6.45, 7) is 1.63. The van der Waals surface area contributed by atoms with E-state index in [1.54, 1.807) is 20.5 Å². The highest BCUT2D eigenvalue weighted by Gasteiger charge is 2.10. The first-order chi connectivity index (χ1) is 13.1. The Hall–Kier alpha value is -2.31. The highest BCUT2D eigenvalue weighted by molar-refractivity contribution is 9.10. The van der Waals surface area contributed by atoms with Gasteiger partial charge in [-0.25, -0.2) is 4.98 Å². The molecule has 1 heterocycles. The zero-order chi connectivity index (χ0) is 19.2. The average molecular weight is 431 g/mol. The standard InChI is InChI=1S/C21H23BrN2O3/c1-24(11-10-15-4-9-19(25-2)20(12-15)26-3)13-18-14-27-21(23-18)16-5-7-17(22)8-6-16/h4-9,12,14H,10-11,13H2,1-3H3. The summed E-state index contributed by atoms with van der Waals surface area (Å²) in [6.07, 6.45) is 2.64. The number of hydrogen-bond acceptors (Lipinski definition) is 5. The molecular formula is C21H23BrN2O3. The van der Waals surface area contributed by atoms with Crippen LogP contribution in [0.3, 0.4) is 0 Å². The van der Waals surface area contributed by atoms with E-state index in [4.69, 9.17) is 13.9 Å². The van der Waals surface area contributed by atoms with Gasteiger partial charge in [0.15, 0.2) is 11.5 Å². The summed E-state index contributed by atoms with van der Waals surface area (Å²) in [6, 6.07) is 14.0. The number of rotatable bonds is 8. The molecule has 27 heavy (non-hydrogen) atoms. The Morgan fingerprint density at radius 3 is 2.48 bits per heavy atom. The maximum absolute atomic E-state index is 5.63. The highest BCUT2D eigenvalue weighted by atomic mass is 79.9. The van der Waals surface area contributed by atoms with Crippen LogP contribution in [0, 0.1) is 0 Å². The maximum atomic E-state index is 5.63. The number of likely N-dealkylation sites (N-methyl/N-ethyl adjacent to an activating group) is 1. The van der Waals surface area contributed by atoms with Crippen molar-refractivity contribution in [2.24, 2.45) is 0 Å². The second-order valence-corrected chi connectivity index (χ2v) is 7.24. The number of ether oxygens (including phenoxy) is 2. The molecule has 0 aliphatic rings. The summed E-state index contributed by atoms with van der Waals surface area (Å²) in [5.74, 6) is 2.15. The fourth-order valence-electron chi connectivity index (χ4n) is 2.82. The van der Waals surface area contributed by atoms with Crippen molar-refractivity contribution in [1.82, 2.24) is 9.88 Å². The summed E-state index contributed by atoms with van der Waals surface area (Å²) in [5, 5.41) is 0. The average Bonchev–Trinajstić information content (AvgIpc) is 3.15. The Labute approximate surface area is 168 Å². The number of nitrogens with zero attached hydrogens (tertiary/aromatic N) is 2. The molecule has 0 fully saturated rings. The molecule has 0 atom stereocenters. The molecule has 0 N–H and O–H groups in total. The van der Waals surface area contributed by atoms with Crippen molar-refractivity contribution in [2.45, 2.75) is 13.0 Å². The van der Waals surface area contributed by atoms with Gasteiger partial charge in [-0.2, -0.15) is 0 Å². The fraction of sp³-hybridized carbons (Fsp3) is 0.286. The Bertz CT molecular complexity index is 877. The van der Waals surface area contributed by atoms with Crippen molar-refractivity contribution in [1.29, 1.82) is 0 Å². The van der Waals surface area contributed by atoms with E-state index in [1.165, 1.54) is 5.56 Å². The zero-order valence-corrected chi connectivity index (χ0v) is 17.3. The van der Waals surface area contributed by atoms with Gasteiger partial charge in [0.2, 0.25) is 5.89 Å². The van der Waals surface area contributed by atoms with Crippen LogP contribution in [0.5, 0.6) is 11.5 Å². The first-order valence-corrected chi connectivity index (χ1v) is 9.48. The second-order valence-electron chi connectivity index (χ2n) is 6.33. The van der Waals surface area contributed by atoms with Gasteiger partial charge in [-0.1, -0.05) is 22.0 Å². The number of oxazole rings is 1. The molecular weight excluding hydrogens is 408 g/mol. The second kappa shape index (κ2) is 9.06. The molecule has 5 nitrogen and oxygen atoms in total. The van der Waals surface area contributed by atoms with Crippen molar-refractivity contribution in [3.8, 4) is 23.0 Å². The van der Waals surface area contributed by atoms with E-state index >= 15 is 0 Å². The van der Waals surface area contributed by atoms with E-state index in [0.717, 1.165) is 46.7 Å². The SMILES string of the molecule is COc1ccc(CCN(C)Cc2coc(-c3ccc(Br)cc3)n2)cc1OC. The molecule has 0 aliphatic carbocycles. The molecule has 0 aliphatic heterocycles. The predicted molar refractivity (Wildman–Crippen MR) is 109 cm³/mol.